The number of nitrogens with zero attached hydrogens (tertiary/aromatic N) is 4. The molecule has 0 radical (unpaired) electrons. The minimum atomic E-state index is -1.01. The lowest BCUT2D eigenvalue weighted by atomic mass is 10.0. The molecule has 2 aromatic heterocycles. The molecule has 0 saturated carbocycles. The number of rotatable bonds is 6. The Morgan fingerprint density at radius 1 is 0.963 bits per heavy atom. The molecular formula is C40H41ClN6O7. The van der Waals surface area contributed by atoms with Crippen molar-refractivity contribution in [3.05, 3.63) is 88.1 Å². The molecule has 2 aromatic carbocycles. The van der Waals surface area contributed by atoms with Gasteiger partial charge in [0, 0.05) is 66.6 Å². The van der Waals surface area contributed by atoms with Crippen LogP contribution in [0.2, 0.25) is 5.02 Å². The third-order valence-corrected chi connectivity index (χ3v) is 9.50. The van der Waals surface area contributed by atoms with Crippen molar-refractivity contribution in [1.29, 1.82) is 0 Å². The zero-order valence-corrected chi connectivity index (χ0v) is 31.2. The number of pyridine rings is 2. The Kier molecular flexibility index (Phi) is 11.4. The van der Waals surface area contributed by atoms with Crippen LogP contribution in [-0.2, 0) is 14.3 Å². The first kappa shape index (κ1) is 38.0. The fourth-order valence-electron chi connectivity index (χ4n) is 6.44. The van der Waals surface area contributed by atoms with Gasteiger partial charge in [-0.25, -0.2) is 25.0 Å². The summed E-state index contributed by atoms with van der Waals surface area (Å²) in [7, 11) is 1.69. The highest BCUT2D eigenvalue weighted by molar-refractivity contribution is 6.32. The van der Waals surface area contributed by atoms with Gasteiger partial charge in [-0.05, 0) is 82.9 Å². The van der Waals surface area contributed by atoms with E-state index in [0.717, 1.165) is 25.8 Å². The average molecular weight is 753 g/mol. The number of likely N-dealkylation sites (tertiary alicyclic amines) is 1. The number of benzene rings is 2. The molecule has 0 bridgehead atoms. The number of nitrogens with one attached hydrogen (secondary N) is 2. The van der Waals surface area contributed by atoms with E-state index in [2.05, 4.69) is 32.6 Å². The maximum absolute atomic E-state index is 13.5. The molecule has 4 heterocycles. The van der Waals surface area contributed by atoms with Crippen molar-refractivity contribution in [2.45, 2.75) is 64.2 Å². The molecule has 54 heavy (non-hydrogen) atoms. The highest BCUT2D eigenvalue weighted by Crippen LogP contribution is 2.29. The van der Waals surface area contributed by atoms with E-state index in [1.807, 2.05) is 30.3 Å². The van der Waals surface area contributed by atoms with Gasteiger partial charge in [-0.3, -0.25) is 15.0 Å². The quantitative estimate of drug-likeness (QED) is 0.162. The molecular weight excluding hydrogens is 712 g/mol. The van der Waals surface area contributed by atoms with Crippen LogP contribution in [0.3, 0.4) is 0 Å². The number of amides is 3. The molecule has 0 spiro atoms. The molecule has 13 nitrogen and oxygen atoms in total. The first-order chi connectivity index (χ1) is 25.8. The molecule has 3 N–H and O–H groups in total. The zero-order valence-electron chi connectivity index (χ0n) is 30.4. The number of aliphatic carboxylic acids is 1. The summed E-state index contributed by atoms with van der Waals surface area (Å²) < 4.78 is 10.8. The molecule has 2 saturated heterocycles. The first-order valence-electron chi connectivity index (χ1n) is 17.6. The van der Waals surface area contributed by atoms with Crippen LogP contribution < -0.4 is 15.8 Å². The van der Waals surface area contributed by atoms with Crippen LogP contribution in [0, 0.1) is 11.8 Å². The number of carboxylic acid groups (broad SMARTS) is 1. The number of fused-ring (bicyclic) bond motifs is 1. The molecule has 3 amide bonds. The summed E-state index contributed by atoms with van der Waals surface area (Å²) in [6, 6.07) is 14.7. The maximum Gasteiger partial charge on any atom is 0.426 e. The summed E-state index contributed by atoms with van der Waals surface area (Å²) in [5.74, 6) is 4.90. The van der Waals surface area contributed by atoms with Crippen molar-refractivity contribution >= 4 is 52.2 Å². The number of hydrogen-bond donors (Lipinski definition) is 3. The van der Waals surface area contributed by atoms with Crippen molar-refractivity contribution in [3.8, 4) is 23.1 Å². The molecule has 2 atom stereocenters. The minimum absolute atomic E-state index is 0.0984. The van der Waals surface area contributed by atoms with Crippen molar-refractivity contribution in [2.75, 3.05) is 31.6 Å². The van der Waals surface area contributed by atoms with Crippen LogP contribution >= 0.6 is 11.6 Å². The summed E-state index contributed by atoms with van der Waals surface area (Å²) in [6.07, 6.45) is 3.71. The molecule has 280 valence electrons. The Hall–Kier alpha value is -5.71. The highest BCUT2D eigenvalue weighted by atomic mass is 35.5. The van der Waals surface area contributed by atoms with E-state index in [1.54, 1.807) is 52.3 Å². The summed E-state index contributed by atoms with van der Waals surface area (Å²) in [4.78, 5) is 63.7. The molecule has 1 unspecified atom stereocenters. The SMILES string of the molecule is COC1CCN(c2cc3nc(-c4ccc(C#Cc5ccc(C(=O)N6CCCC[C@H]6C(=O)O)cc5Cl)cc4)cc(C(=O)NNC(=O)OC(C)(C)C)c3cn2)C1. The largest absolute Gasteiger partial charge is 0.480 e. The lowest BCUT2D eigenvalue weighted by Gasteiger charge is -2.33. The van der Waals surface area contributed by atoms with Crippen LogP contribution in [-0.4, -0.2) is 88.3 Å². The van der Waals surface area contributed by atoms with Gasteiger partial charge in [0.25, 0.3) is 11.8 Å². The number of carbonyl (C=O) groups is 4. The van der Waals surface area contributed by atoms with E-state index >= 15 is 0 Å². The van der Waals surface area contributed by atoms with E-state index in [1.165, 1.54) is 11.0 Å². The minimum Gasteiger partial charge on any atom is -0.480 e. The van der Waals surface area contributed by atoms with Gasteiger partial charge in [-0.1, -0.05) is 35.6 Å². The average Bonchev–Trinajstić information content (AvgIpc) is 3.65. The molecule has 2 aliphatic heterocycles. The van der Waals surface area contributed by atoms with E-state index in [9.17, 15) is 24.3 Å². The van der Waals surface area contributed by atoms with Gasteiger partial charge in [0.1, 0.15) is 17.5 Å². The second-order valence-corrected chi connectivity index (χ2v) is 14.6. The topological polar surface area (TPSA) is 163 Å². The molecule has 14 heteroatoms. The number of carbonyl (C=O) groups excluding carboxylic acids is 3. The van der Waals surface area contributed by atoms with Crippen LogP contribution in [0.5, 0.6) is 0 Å². The number of methoxy groups -OCH3 is 1. The Bertz CT molecular complexity index is 2160. The summed E-state index contributed by atoms with van der Waals surface area (Å²) >= 11 is 6.53. The van der Waals surface area contributed by atoms with Gasteiger partial charge >= 0.3 is 12.1 Å². The highest BCUT2D eigenvalue weighted by Gasteiger charge is 2.32. The monoisotopic (exact) mass is 752 g/mol. The standard InChI is InChI=1S/C40H41ClN6O7/c1-40(2,3)54-39(52)45-44-36(48)29-20-32(43-33-21-35(42-22-30(29)33)46-18-16-28(23-46)53-4)26-12-9-24(10-13-26)8-11-25-14-15-27(19-31(25)41)37(49)47-17-6-5-7-34(47)38(50)51/h9-10,12-15,19-22,28,34H,5-7,16-18,23H2,1-4H3,(H,44,48)(H,45,52)(H,50,51)/t28?,34-/m0/s1. The fraction of sp³-hybridized carbons (Fsp3) is 0.350. The molecule has 2 aliphatic rings. The van der Waals surface area contributed by atoms with Gasteiger partial charge in [-0.15, -0.1) is 0 Å². The van der Waals surface area contributed by atoms with Crippen molar-refractivity contribution in [1.82, 2.24) is 25.7 Å². The van der Waals surface area contributed by atoms with E-state index in [0.29, 0.717) is 64.2 Å². The predicted molar refractivity (Wildman–Crippen MR) is 203 cm³/mol. The Balaban J connectivity index is 1.24. The normalized spacial score (nSPS) is 17.1. The molecule has 0 aliphatic carbocycles. The number of piperidine rings is 1. The number of aromatic nitrogens is 2. The van der Waals surface area contributed by atoms with Crippen LogP contribution in [0.4, 0.5) is 10.6 Å². The molecule has 2 fully saturated rings. The second-order valence-electron chi connectivity index (χ2n) is 14.2. The summed E-state index contributed by atoms with van der Waals surface area (Å²) in [5, 5.41) is 10.4. The van der Waals surface area contributed by atoms with Gasteiger partial charge in [0.05, 0.1) is 27.9 Å². The molecule has 4 aromatic rings. The van der Waals surface area contributed by atoms with Crippen molar-refractivity contribution in [3.63, 3.8) is 0 Å². The first-order valence-corrected chi connectivity index (χ1v) is 18.0. The van der Waals surface area contributed by atoms with E-state index in [4.69, 9.17) is 26.1 Å². The third-order valence-electron chi connectivity index (χ3n) is 9.19. The number of hydrazine groups is 1. The lowest BCUT2D eigenvalue weighted by Crippen LogP contribution is -2.47. The van der Waals surface area contributed by atoms with Crippen molar-refractivity contribution < 1.29 is 33.8 Å². The number of anilines is 1. The Labute approximate surface area is 318 Å². The lowest BCUT2D eigenvalue weighted by molar-refractivity contribution is -0.143. The Morgan fingerprint density at radius 3 is 2.43 bits per heavy atom. The van der Waals surface area contributed by atoms with Gasteiger partial charge in [-0.2, -0.15) is 0 Å². The number of halogens is 1. The third kappa shape index (κ3) is 8.90. The van der Waals surface area contributed by atoms with Crippen LogP contribution in [0.25, 0.3) is 22.2 Å². The van der Waals surface area contributed by atoms with Gasteiger partial charge < -0.3 is 24.4 Å². The number of hydrogen-bond acceptors (Lipinski definition) is 9. The number of carboxylic acids is 1. The number of ether oxygens (including phenoxy) is 2. The van der Waals surface area contributed by atoms with E-state index in [-0.39, 0.29) is 22.6 Å². The fourth-order valence-corrected chi connectivity index (χ4v) is 6.67. The van der Waals surface area contributed by atoms with Crippen LogP contribution in [0.1, 0.15) is 78.3 Å². The molecule has 6 rings (SSSR count). The summed E-state index contributed by atoms with van der Waals surface area (Å²) in [6.45, 7) is 7.00. The smallest absolute Gasteiger partial charge is 0.426 e. The zero-order chi connectivity index (χ0) is 38.6. The van der Waals surface area contributed by atoms with Crippen molar-refractivity contribution in [2.24, 2.45) is 0 Å². The Morgan fingerprint density at radius 2 is 1.74 bits per heavy atom. The van der Waals surface area contributed by atoms with E-state index < -0.39 is 29.6 Å². The maximum atomic E-state index is 13.5. The van der Waals surface area contributed by atoms with Crippen LogP contribution in [0.15, 0.2) is 60.8 Å². The second kappa shape index (κ2) is 16.1. The van der Waals surface area contributed by atoms with Gasteiger partial charge in [0.15, 0.2) is 0 Å². The summed E-state index contributed by atoms with van der Waals surface area (Å²) in [5.41, 5.74) is 7.51. The predicted octanol–water partition coefficient (Wildman–Crippen LogP) is 5.82. The van der Waals surface area contributed by atoms with Gasteiger partial charge in [0.2, 0.25) is 0 Å².